The normalized spacial score (nSPS) is 12.0. The van der Waals surface area contributed by atoms with Gasteiger partial charge in [0.15, 0.2) is 0 Å². The molecular formula is C18H21FN2O. The molecular weight excluding hydrogens is 279 g/mol. The molecule has 0 unspecified atom stereocenters. The molecule has 2 rings (SSSR count). The Morgan fingerprint density at radius 3 is 2.36 bits per heavy atom. The van der Waals surface area contributed by atoms with Crippen LogP contribution in [0.3, 0.4) is 0 Å². The number of carbonyl (C=O) groups excluding carboxylic acids is 1. The Bertz CT molecular complexity index is 697. The van der Waals surface area contributed by atoms with Gasteiger partial charge >= 0.3 is 0 Å². The molecule has 4 heteroatoms. The van der Waals surface area contributed by atoms with E-state index in [9.17, 15) is 9.18 Å². The van der Waals surface area contributed by atoms with Crippen LogP contribution in [0, 0.1) is 19.7 Å². The summed E-state index contributed by atoms with van der Waals surface area (Å²) < 4.78 is 14.2. The summed E-state index contributed by atoms with van der Waals surface area (Å²) in [6, 6.07) is 10.4. The van der Waals surface area contributed by atoms with Gasteiger partial charge in [0.2, 0.25) is 0 Å². The number of benzene rings is 2. The smallest absolute Gasteiger partial charge is 0.254 e. The first-order valence-corrected chi connectivity index (χ1v) is 7.30. The molecule has 3 N–H and O–H groups in total. The van der Waals surface area contributed by atoms with Crippen molar-refractivity contribution in [2.75, 3.05) is 6.54 Å². The molecule has 0 aliphatic heterocycles. The molecule has 0 bridgehead atoms. The Labute approximate surface area is 130 Å². The number of hydrogen-bond acceptors (Lipinski definition) is 2. The van der Waals surface area contributed by atoms with Crippen molar-refractivity contribution in [2.24, 2.45) is 5.73 Å². The number of nitrogens with one attached hydrogen (secondary N) is 1. The van der Waals surface area contributed by atoms with Crippen LogP contribution in [0.5, 0.6) is 0 Å². The number of aryl methyl sites for hydroxylation is 2. The maximum absolute atomic E-state index is 14.2. The topological polar surface area (TPSA) is 55.1 Å². The minimum atomic E-state index is -0.530. The van der Waals surface area contributed by atoms with Crippen LogP contribution < -0.4 is 11.1 Å². The summed E-state index contributed by atoms with van der Waals surface area (Å²) in [4.78, 5) is 12.0. The Morgan fingerprint density at radius 1 is 1.14 bits per heavy atom. The fraction of sp³-hybridized carbons (Fsp3) is 0.278. The van der Waals surface area contributed by atoms with Gasteiger partial charge < -0.3 is 11.1 Å². The van der Waals surface area contributed by atoms with E-state index in [0.717, 1.165) is 16.7 Å². The second-order valence-electron chi connectivity index (χ2n) is 5.60. The molecule has 0 heterocycles. The van der Waals surface area contributed by atoms with E-state index in [1.165, 1.54) is 17.7 Å². The van der Waals surface area contributed by atoms with Crippen LogP contribution in [-0.2, 0) is 0 Å². The van der Waals surface area contributed by atoms with Gasteiger partial charge in [0.25, 0.3) is 5.91 Å². The molecule has 0 saturated heterocycles. The van der Waals surface area contributed by atoms with E-state index in [-0.39, 0.29) is 11.6 Å². The van der Waals surface area contributed by atoms with Gasteiger partial charge in [-0.25, -0.2) is 4.39 Å². The molecule has 22 heavy (non-hydrogen) atoms. The SMILES string of the molecule is Cc1ccc(-c2ccc(C(=O)N[C@@H](C)CN)c(F)c2)cc1C. The van der Waals surface area contributed by atoms with Crippen molar-refractivity contribution in [2.45, 2.75) is 26.8 Å². The summed E-state index contributed by atoms with van der Waals surface area (Å²) in [5, 5.41) is 2.66. The lowest BCUT2D eigenvalue weighted by Crippen LogP contribution is -2.38. The fourth-order valence-corrected chi connectivity index (χ4v) is 2.16. The minimum absolute atomic E-state index is 0.0351. The van der Waals surface area contributed by atoms with Gasteiger partial charge in [0.1, 0.15) is 5.82 Å². The van der Waals surface area contributed by atoms with E-state index in [1.54, 1.807) is 13.0 Å². The number of amides is 1. The van der Waals surface area contributed by atoms with Crippen LogP contribution in [0.1, 0.15) is 28.4 Å². The molecule has 0 aromatic heterocycles. The molecule has 1 amide bonds. The molecule has 2 aromatic carbocycles. The first-order valence-electron chi connectivity index (χ1n) is 7.30. The zero-order valence-electron chi connectivity index (χ0n) is 13.1. The maximum Gasteiger partial charge on any atom is 0.254 e. The molecule has 3 nitrogen and oxygen atoms in total. The van der Waals surface area contributed by atoms with Crippen molar-refractivity contribution in [3.8, 4) is 11.1 Å². The zero-order chi connectivity index (χ0) is 16.3. The van der Waals surface area contributed by atoms with Crippen molar-refractivity contribution in [1.29, 1.82) is 0 Å². The van der Waals surface area contributed by atoms with E-state index in [0.29, 0.717) is 6.54 Å². The van der Waals surface area contributed by atoms with Crippen LogP contribution in [0.15, 0.2) is 36.4 Å². The second kappa shape index (κ2) is 6.71. The lowest BCUT2D eigenvalue weighted by atomic mass is 9.99. The Balaban J connectivity index is 2.29. The first kappa shape index (κ1) is 16.2. The molecule has 1 atom stereocenters. The van der Waals surface area contributed by atoms with Gasteiger partial charge in [-0.2, -0.15) is 0 Å². The zero-order valence-corrected chi connectivity index (χ0v) is 13.1. The van der Waals surface area contributed by atoms with Crippen LogP contribution in [0.2, 0.25) is 0 Å². The second-order valence-corrected chi connectivity index (χ2v) is 5.60. The molecule has 0 spiro atoms. The molecule has 0 saturated carbocycles. The molecule has 0 radical (unpaired) electrons. The third-order valence-electron chi connectivity index (χ3n) is 3.79. The molecule has 2 aromatic rings. The highest BCUT2D eigenvalue weighted by Crippen LogP contribution is 2.24. The first-order chi connectivity index (χ1) is 10.4. The van der Waals surface area contributed by atoms with E-state index in [4.69, 9.17) is 5.73 Å². The molecule has 116 valence electrons. The van der Waals surface area contributed by atoms with Crippen molar-refractivity contribution in [3.05, 3.63) is 58.9 Å². The molecule has 0 aliphatic rings. The third-order valence-corrected chi connectivity index (χ3v) is 3.79. The highest BCUT2D eigenvalue weighted by Gasteiger charge is 2.14. The highest BCUT2D eigenvalue weighted by molar-refractivity contribution is 5.95. The van der Waals surface area contributed by atoms with Crippen molar-refractivity contribution >= 4 is 5.91 Å². The van der Waals surface area contributed by atoms with Crippen molar-refractivity contribution in [3.63, 3.8) is 0 Å². The van der Waals surface area contributed by atoms with Crippen LogP contribution in [-0.4, -0.2) is 18.5 Å². The monoisotopic (exact) mass is 300 g/mol. The van der Waals surface area contributed by atoms with Gasteiger partial charge in [-0.1, -0.05) is 24.3 Å². The summed E-state index contributed by atoms with van der Waals surface area (Å²) >= 11 is 0. The molecule has 0 aliphatic carbocycles. The van der Waals surface area contributed by atoms with Crippen LogP contribution in [0.4, 0.5) is 4.39 Å². The Morgan fingerprint density at radius 2 is 1.77 bits per heavy atom. The standard InChI is InChI=1S/C18H21FN2O/c1-11-4-5-14(8-12(11)2)15-6-7-16(17(19)9-15)18(22)21-13(3)10-20/h4-9,13H,10,20H2,1-3H3,(H,21,22)/t13-/m0/s1. The van der Waals surface area contributed by atoms with E-state index >= 15 is 0 Å². The quantitative estimate of drug-likeness (QED) is 0.911. The fourth-order valence-electron chi connectivity index (χ4n) is 2.16. The van der Waals surface area contributed by atoms with E-state index in [1.807, 2.05) is 32.0 Å². The average Bonchev–Trinajstić information content (AvgIpc) is 2.49. The summed E-state index contributed by atoms with van der Waals surface area (Å²) in [6.07, 6.45) is 0. The van der Waals surface area contributed by atoms with E-state index < -0.39 is 11.7 Å². The number of carbonyl (C=O) groups is 1. The van der Waals surface area contributed by atoms with Gasteiger partial charge in [-0.15, -0.1) is 0 Å². The minimum Gasteiger partial charge on any atom is -0.348 e. The Kier molecular flexibility index (Phi) is 4.93. The maximum atomic E-state index is 14.2. The van der Waals surface area contributed by atoms with Crippen LogP contribution in [0.25, 0.3) is 11.1 Å². The predicted molar refractivity (Wildman–Crippen MR) is 87.3 cm³/mol. The highest BCUT2D eigenvalue weighted by atomic mass is 19.1. The van der Waals surface area contributed by atoms with Gasteiger partial charge in [-0.05, 0) is 55.2 Å². The summed E-state index contributed by atoms with van der Waals surface area (Å²) in [5.41, 5.74) is 9.52. The van der Waals surface area contributed by atoms with Gasteiger partial charge in [-0.3, -0.25) is 4.79 Å². The summed E-state index contributed by atoms with van der Waals surface area (Å²) in [6.45, 7) is 6.14. The third kappa shape index (κ3) is 3.52. The van der Waals surface area contributed by atoms with Crippen molar-refractivity contribution in [1.82, 2.24) is 5.32 Å². The summed E-state index contributed by atoms with van der Waals surface area (Å²) in [5.74, 6) is -0.973. The van der Waals surface area contributed by atoms with Gasteiger partial charge in [0.05, 0.1) is 5.56 Å². The predicted octanol–water partition coefficient (Wildman–Crippen LogP) is 3.19. The van der Waals surface area contributed by atoms with Gasteiger partial charge in [0, 0.05) is 12.6 Å². The Hall–Kier alpha value is -2.20. The largest absolute Gasteiger partial charge is 0.348 e. The summed E-state index contributed by atoms with van der Waals surface area (Å²) in [7, 11) is 0. The average molecular weight is 300 g/mol. The number of halogens is 1. The number of nitrogens with two attached hydrogens (primary N) is 1. The molecule has 0 fully saturated rings. The van der Waals surface area contributed by atoms with Crippen molar-refractivity contribution < 1.29 is 9.18 Å². The number of hydrogen-bond donors (Lipinski definition) is 2. The lowest BCUT2D eigenvalue weighted by Gasteiger charge is -2.12. The van der Waals surface area contributed by atoms with E-state index in [2.05, 4.69) is 5.32 Å². The number of rotatable bonds is 4. The lowest BCUT2D eigenvalue weighted by molar-refractivity contribution is 0.0937. The van der Waals surface area contributed by atoms with Crippen LogP contribution >= 0.6 is 0 Å².